The predicted octanol–water partition coefficient (Wildman–Crippen LogP) is 4.37. The van der Waals surface area contributed by atoms with Gasteiger partial charge >= 0.3 is 6.18 Å². The minimum atomic E-state index is -4.45. The molecule has 1 aromatic carbocycles. The Morgan fingerprint density at radius 2 is 1.90 bits per heavy atom. The second-order valence-electron chi connectivity index (χ2n) is 8.23. The molecule has 1 saturated heterocycles. The molecule has 0 bridgehead atoms. The molecule has 166 valence electrons. The van der Waals surface area contributed by atoms with E-state index < -0.39 is 17.8 Å². The Bertz CT molecular complexity index is 995. The Hall–Kier alpha value is -2.81. The molecule has 9 heteroatoms. The third-order valence-corrected chi connectivity index (χ3v) is 5.87. The van der Waals surface area contributed by atoms with Crippen molar-refractivity contribution >= 4 is 23.4 Å². The number of benzene rings is 1. The Labute approximate surface area is 179 Å². The van der Waals surface area contributed by atoms with Crippen molar-refractivity contribution in [1.29, 1.82) is 0 Å². The summed E-state index contributed by atoms with van der Waals surface area (Å²) in [7, 11) is 0. The number of halogens is 3. The van der Waals surface area contributed by atoms with Crippen LogP contribution in [0.2, 0.25) is 0 Å². The molecule has 2 aromatic rings. The van der Waals surface area contributed by atoms with Crippen LogP contribution in [0.1, 0.15) is 48.3 Å². The number of aromatic nitrogens is 2. The summed E-state index contributed by atoms with van der Waals surface area (Å²) in [5.41, 5.74) is 7.66. The van der Waals surface area contributed by atoms with E-state index in [0.29, 0.717) is 23.1 Å². The van der Waals surface area contributed by atoms with Gasteiger partial charge in [-0.05, 0) is 81.1 Å². The highest BCUT2D eigenvalue weighted by Gasteiger charge is 2.31. The molecule has 2 aliphatic heterocycles. The quantitative estimate of drug-likeness (QED) is 0.537. The fourth-order valence-corrected chi connectivity index (χ4v) is 4.22. The third-order valence-electron chi connectivity index (χ3n) is 5.87. The average molecular weight is 432 g/mol. The van der Waals surface area contributed by atoms with E-state index in [2.05, 4.69) is 32.0 Å². The lowest BCUT2D eigenvalue weighted by Crippen LogP contribution is -2.31. The summed E-state index contributed by atoms with van der Waals surface area (Å²) in [5, 5.41) is 10.1. The van der Waals surface area contributed by atoms with E-state index in [4.69, 9.17) is 5.73 Å². The van der Waals surface area contributed by atoms with Crippen LogP contribution in [0.25, 0.3) is 6.08 Å². The number of hydrogen-bond acceptors (Lipinski definition) is 6. The molecule has 5 N–H and O–H groups in total. The predicted molar refractivity (Wildman–Crippen MR) is 117 cm³/mol. The third kappa shape index (κ3) is 4.76. The highest BCUT2D eigenvalue weighted by molar-refractivity contribution is 5.78. The zero-order valence-corrected chi connectivity index (χ0v) is 17.6. The van der Waals surface area contributed by atoms with E-state index in [0.717, 1.165) is 56.0 Å². The largest absolute Gasteiger partial charge is 0.416 e. The van der Waals surface area contributed by atoms with Crippen LogP contribution in [0.3, 0.4) is 0 Å². The Kier molecular flexibility index (Phi) is 5.79. The maximum Gasteiger partial charge on any atom is 0.416 e. The van der Waals surface area contributed by atoms with E-state index in [1.165, 1.54) is 5.57 Å². The number of alkyl halides is 3. The number of anilines is 3. The van der Waals surface area contributed by atoms with Crippen molar-refractivity contribution in [3.63, 3.8) is 0 Å². The van der Waals surface area contributed by atoms with Gasteiger partial charge in [0.1, 0.15) is 17.5 Å². The van der Waals surface area contributed by atoms with Gasteiger partial charge in [-0.2, -0.15) is 13.2 Å². The minimum Gasteiger partial charge on any atom is -0.399 e. The smallest absolute Gasteiger partial charge is 0.399 e. The molecular formula is C22H27F3N6. The maximum absolute atomic E-state index is 13.2. The first-order chi connectivity index (χ1) is 14.7. The topological polar surface area (TPSA) is 87.9 Å². The van der Waals surface area contributed by atoms with Gasteiger partial charge in [0, 0.05) is 12.2 Å². The van der Waals surface area contributed by atoms with Gasteiger partial charge in [0.2, 0.25) is 0 Å². The van der Waals surface area contributed by atoms with Crippen LogP contribution < -0.4 is 21.7 Å². The summed E-state index contributed by atoms with van der Waals surface area (Å²) in [5.74, 6) is 2.42. The van der Waals surface area contributed by atoms with E-state index in [1.54, 1.807) is 19.9 Å². The average Bonchev–Trinajstić information content (AvgIpc) is 2.73. The van der Waals surface area contributed by atoms with Crippen molar-refractivity contribution in [2.24, 2.45) is 5.92 Å². The molecule has 0 radical (unpaired) electrons. The van der Waals surface area contributed by atoms with Gasteiger partial charge in [0.25, 0.3) is 0 Å². The maximum atomic E-state index is 13.2. The standard InChI is InChI=1S/C22H27F3N6/c1-12(15-7-17(22(23,24)25)10-18(26)8-15)29-21-19-9-16(14-3-5-27-6-4-14)11-28-20(19)30-13(2)31-21/h7-10,12,14,27H,3-6,11,26H2,1-2H3,(H2,28,29,30,31)/t12-/m1/s1. The fraction of sp³-hybridized carbons (Fsp3) is 0.455. The molecule has 0 saturated carbocycles. The van der Waals surface area contributed by atoms with Gasteiger partial charge in [0.15, 0.2) is 0 Å². The van der Waals surface area contributed by atoms with Crippen molar-refractivity contribution in [3.8, 4) is 0 Å². The summed E-state index contributed by atoms with van der Waals surface area (Å²) in [4.78, 5) is 9.06. The lowest BCUT2D eigenvalue weighted by molar-refractivity contribution is -0.137. The summed E-state index contributed by atoms with van der Waals surface area (Å²) in [6.45, 7) is 6.34. The zero-order valence-electron chi connectivity index (χ0n) is 17.6. The molecule has 2 aliphatic rings. The van der Waals surface area contributed by atoms with Crippen LogP contribution in [-0.2, 0) is 6.18 Å². The molecule has 3 heterocycles. The number of fused-ring (bicyclic) bond motifs is 1. The van der Waals surface area contributed by atoms with Gasteiger partial charge in [-0.25, -0.2) is 9.97 Å². The normalized spacial score (nSPS) is 18.0. The van der Waals surface area contributed by atoms with Gasteiger partial charge < -0.3 is 21.7 Å². The summed E-state index contributed by atoms with van der Waals surface area (Å²) < 4.78 is 39.7. The van der Waals surface area contributed by atoms with Crippen molar-refractivity contribution in [1.82, 2.24) is 15.3 Å². The highest BCUT2D eigenvalue weighted by atomic mass is 19.4. The number of nitrogens with two attached hydrogens (primary N) is 1. The monoisotopic (exact) mass is 432 g/mol. The molecule has 1 atom stereocenters. The molecule has 0 spiro atoms. The molecular weight excluding hydrogens is 405 g/mol. The van der Waals surface area contributed by atoms with Gasteiger partial charge in [-0.3, -0.25) is 0 Å². The van der Waals surface area contributed by atoms with E-state index >= 15 is 0 Å². The van der Waals surface area contributed by atoms with Crippen LogP contribution >= 0.6 is 0 Å². The molecule has 0 aliphatic carbocycles. The molecule has 31 heavy (non-hydrogen) atoms. The SMILES string of the molecule is Cc1nc2c(c(N[C@H](C)c3cc(N)cc(C(F)(F)F)c3)n1)C=C(C1CCNCC1)CN2. The van der Waals surface area contributed by atoms with E-state index in [-0.39, 0.29) is 5.69 Å². The zero-order chi connectivity index (χ0) is 22.2. The molecule has 1 aromatic heterocycles. The van der Waals surface area contributed by atoms with Crippen LogP contribution in [-0.4, -0.2) is 29.6 Å². The van der Waals surface area contributed by atoms with Crippen LogP contribution in [0.15, 0.2) is 23.8 Å². The number of hydrogen-bond donors (Lipinski definition) is 4. The number of nitrogens with one attached hydrogen (secondary N) is 3. The molecule has 4 rings (SSSR count). The van der Waals surface area contributed by atoms with Crippen molar-refractivity contribution in [2.45, 2.75) is 38.9 Å². The van der Waals surface area contributed by atoms with Crippen molar-refractivity contribution in [3.05, 3.63) is 46.3 Å². The second-order valence-corrected chi connectivity index (χ2v) is 8.23. The van der Waals surface area contributed by atoms with Crippen molar-refractivity contribution in [2.75, 3.05) is 36.0 Å². The fourth-order valence-electron chi connectivity index (χ4n) is 4.22. The molecule has 0 amide bonds. The molecule has 0 unspecified atom stereocenters. The van der Waals surface area contributed by atoms with Crippen LogP contribution in [0, 0.1) is 12.8 Å². The second kappa shape index (κ2) is 8.37. The van der Waals surface area contributed by atoms with Gasteiger partial charge in [0.05, 0.1) is 17.2 Å². The first kappa shape index (κ1) is 21.4. The number of nitrogens with zero attached hydrogens (tertiary/aromatic N) is 2. The molecule has 1 fully saturated rings. The Morgan fingerprint density at radius 1 is 1.16 bits per heavy atom. The lowest BCUT2D eigenvalue weighted by atomic mass is 9.87. The highest BCUT2D eigenvalue weighted by Crippen LogP contribution is 2.36. The first-order valence-electron chi connectivity index (χ1n) is 10.5. The summed E-state index contributed by atoms with van der Waals surface area (Å²) >= 11 is 0. The Morgan fingerprint density at radius 3 is 2.61 bits per heavy atom. The van der Waals surface area contributed by atoms with Gasteiger partial charge in [-0.1, -0.05) is 0 Å². The number of aryl methyl sites for hydroxylation is 1. The van der Waals surface area contributed by atoms with Crippen molar-refractivity contribution < 1.29 is 13.2 Å². The van der Waals surface area contributed by atoms with Crippen LogP contribution in [0.5, 0.6) is 0 Å². The minimum absolute atomic E-state index is 0.0779. The van der Waals surface area contributed by atoms with Gasteiger partial charge in [-0.15, -0.1) is 0 Å². The van der Waals surface area contributed by atoms with E-state index in [9.17, 15) is 13.2 Å². The number of piperidine rings is 1. The van der Waals surface area contributed by atoms with Crippen LogP contribution in [0.4, 0.5) is 30.5 Å². The molecule has 6 nitrogen and oxygen atoms in total. The lowest BCUT2D eigenvalue weighted by Gasteiger charge is -2.29. The number of rotatable bonds is 4. The first-order valence-corrected chi connectivity index (χ1v) is 10.5. The summed E-state index contributed by atoms with van der Waals surface area (Å²) in [6, 6.07) is 3.20. The van der Waals surface area contributed by atoms with E-state index in [1.807, 2.05) is 0 Å². The Balaban J connectivity index is 1.65. The number of nitrogen functional groups attached to an aromatic ring is 1. The summed E-state index contributed by atoms with van der Waals surface area (Å²) in [6.07, 6.45) is -0.155.